The van der Waals surface area contributed by atoms with E-state index in [2.05, 4.69) is 37.4 Å². The molecule has 3 rings (SSSR count). The van der Waals surface area contributed by atoms with Crippen molar-refractivity contribution in [3.05, 3.63) is 65.2 Å². The molecular weight excluding hydrogens is 284 g/mol. The average Bonchev–Trinajstić information content (AvgIpc) is 2.55. The summed E-state index contributed by atoms with van der Waals surface area (Å²) >= 11 is 0. The van der Waals surface area contributed by atoms with Crippen molar-refractivity contribution in [2.75, 3.05) is 18.4 Å². The maximum Gasteiger partial charge on any atom is 0.253 e. The molecule has 0 saturated carbocycles. The van der Waals surface area contributed by atoms with Crippen LogP contribution in [0, 0.1) is 13.8 Å². The van der Waals surface area contributed by atoms with Crippen LogP contribution in [0.2, 0.25) is 0 Å². The van der Waals surface area contributed by atoms with Gasteiger partial charge in [0, 0.05) is 30.4 Å². The third-order valence-corrected chi connectivity index (χ3v) is 4.40. The molecule has 3 nitrogen and oxygen atoms in total. The SMILES string of the molecule is Cc1cc(C)cc(NC2CCN(C(=O)c3ccccc3)CC2)c1. The van der Waals surface area contributed by atoms with Gasteiger partial charge in [-0.1, -0.05) is 24.3 Å². The molecule has 1 N–H and O–H groups in total. The highest BCUT2D eigenvalue weighted by atomic mass is 16.2. The van der Waals surface area contributed by atoms with Crippen LogP contribution < -0.4 is 5.32 Å². The van der Waals surface area contributed by atoms with E-state index in [0.29, 0.717) is 6.04 Å². The monoisotopic (exact) mass is 308 g/mol. The van der Waals surface area contributed by atoms with Crippen molar-refractivity contribution < 1.29 is 4.79 Å². The molecule has 0 unspecified atom stereocenters. The summed E-state index contributed by atoms with van der Waals surface area (Å²) in [7, 11) is 0. The van der Waals surface area contributed by atoms with Crippen LogP contribution in [-0.2, 0) is 0 Å². The second kappa shape index (κ2) is 6.86. The Balaban J connectivity index is 1.57. The minimum absolute atomic E-state index is 0.149. The molecule has 23 heavy (non-hydrogen) atoms. The van der Waals surface area contributed by atoms with Gasteiger partial charge in [-0.2, -0.15) is 0 Å². The normalized spacial score (nSPS) is 15.5. The van der Waals surface area contributed by atoms with Gasteiger partial charge >= 0.3 is 0 Å². The second-order valence-electron chi connectivity index (χ2n) is 6.45. The van der Waals surface area contributed by atoms with Crippen LogP contribution in [0.4, 0.5) is 5.69 Å². The molecule has 0 radical (unpaired) electrons. The average molecular weight is 308 g/mol. The number of hydrogen-bond acceptors (Lipinski definition) is 2. The summed E-state index contributed by atoms with van der Waals surface area (Å²) in [5.74, 6) is 0.149. The van der Waals surface area contributed by atoms with Gasteiger partial charge in [-0.05, 0) is 62.1 Å². The molecule has 0 atom stereocenters. The zero-order valence-electron chi connectivity index (χ0n) is 13.9. The first-order valence-electron chi connectivity index (χ1n) is 8.31. The number of aryl methyl sites for hydroxylation is 2. The summed E-state index contributed by atoms with van der Waals surface area (Å²) < 4.78 is 0. The number of carbonyl (C=O) groups excluding carboxylic acids is 1. The lowest BCUT2D eigenvalue weighted by atomic mass is 10.0. The molecule has 2 aromatic carbocycles. The van der Waals surface area contributed by atoms with Gasteiger partial charge in [-0.3, -0.25) is 4.79 Å². The predicted octanol–water partition coefficient (Wildman–Crippen LogP) is 4.02. The van der Waals surface area contributed by atoms with E-state index in [1.54, 1.807) is 0 Å². The molecule has 2 aromatic rings. The fourth-order valence-corrected chi connectivity index (χ4v) is 3.28. The minimum Gasteiger partial charge on any atom is -0.382 e. The second-order valence-corrected chi connectivity index (χ2v) is 6.45. The molecule has 1 aliphatic rings. The van der Waals surface area contributed by atoms with Crippen LogP contribution >= 0.6 is 0 Å². The third kappa shape index (κ3) is 3.92. The quantitative estimate of drug-likeness (QED) is 0.929. The summed E-state index contributed by atoms with van der Waals surface area (Å²) in [5, 5.41) is 3.62. The van der Waals surface area contributed by atoms with Gasteiger partial charge in [-0.25, -0.2) is 0 Å². The van der Waals surface area contributed by atoms with Gasteiger partial charge < -0.3 is 10.2 Å². The van der Waals surface area contributed by atoms with Crippen LogP contribution in [-0.4, -0.2) is 29.9 Å². The van der Waals surface area contributed by atoms with E-state index < -0.39 is 0 Å². The van der Waals surface area contributed by atoms with Gasteiger partial charge in [0.1, 0.15) is 0 Å². The van der Waals surface area contributed by atoms with Crippen molar-refractivity contribution in [2.45, 2.75) is 32.7 Å². The highest BCUT2D eigenvalue weighted by molar-refractivity contribution is 5.94. The molecule has 1 fully saturated rings. The molecule has 0 spiro atoms. The van der Waals surface area contributed by atoms with E-state index in [4.69, 9.17) is 0 Å². The minimum atomic E-state index is 0.149. The van der Waals surface area contributed by atoms with E-state index in [-0.39, 0.29) is 5.91 Å². The van der Waals surface area contributed by atoms with Gasteiger partial charge in [-0.15, -0.1) is 0 Å². The summed E-state index contributed by atoms with van der Waals surface area (Å²) in [6, 6.07) is 16.6. The molecule has 0 aromatic heterocycles. The van der Waals surface area contributed by atoms with Crippen LogP contribution in [0.15, 0.2) is 48.5 Å². The number of carbonyl (C=O) groups is 1. The summed E-state index contributed by atoms with van der Waals surface area (Å²) in [4.78, 5) is 14.4. The van der Waals surface area contributed by atoms with Crippen molar-refractivity contribution in [2.24, 2.45) is 0 Å². The molecular formula is C20H24N2O. The lowest BCUT2D eigenvalue weighted by Gasteiger charge is -2.33. The van der Waals surface area contributed by atoms with E-state index >= 15 is 0 Å². The van der Waals surface area contributed by atoms with Gasteiger partial charge in [0.15, 0.2) is 0 Å². The van der Waals surface area contributed by atoms with Crippen LogP contribution in [0.1, 0.15) is 34.3 Å². The van der Waals surface area contributed by atoms with Gasteiger partial charge in [0.2, 0.25) is 0 Å². The first kappa shape index (κ1) is 15.6. The predicted molar refractivity (Wildman–Crippen MR) is 94.9 cm³/mol. The number of nitrogens with one attached hydrogen (secondary N) is 1. The Morgan fingerprint density at radius 3 is 2.22 bits per heavy atom. The van der Waals surface area contributed by atoms with Crippen LogP contribution in [0.3, 0.4) is 0 Å². The number of nitrogens with zero attached hydrogens (tertiary/aromatic N) is 1. The van der Waals surface area contributed by atoms with Crippen LogP contribution in [0.25, 0.3) is 0 Å². The maximum absolute atomic E-state index is 12.5. The molecule has 1 amide bonds. The molecule has 1 saturated heterocycles. The Hall–Kier alpha value is -2.29. The Labute approximate surface area is 138 Å². The van der Waals surface area contributed by atoms with Crippen molar-refractivity contribution in [3.63, 3.8) is 0 Å². The van der Waals surface area contributed by atoms with Crippen LogP contribution in [0.5, 0.6) is 0 Å². The van der Waals surface area contributed by atoms with E-state index in [9.17, 15) is 4.79 Å². The smallest absolute Gasteiger partial charge is 0.253 e. The largest absolute Gasteiger partial charge is 0.382 e. The zero-order valence-corrected chi connectivity index (χ0v) is 13.9. The lowest BCUT2D eigenvalue weighted by Crippen LogP contribution is -2.42. The first-order valence-corrected chi connectivity index (χ1v) is 8.31. The molecule has 0 aliphatic carbocycles. The number of benzene rings is 2. The van der Waals surface area contributed by atoms with Crippen molar-refractivity contribution in [3.8, 4) is 0 Å². The number of amides is 1. The highest BCUT2D eigenvalue weighted by Crippen LogP contribution is 2.20. The summed E-state index contributed by atoms with van der Waals surface area (Å²) in [5.41, 5.74) is 4.54. The van der Waals surface area contributed by atoms with E-state index in [0.717, 1.165) is 31.5 Å². The summed E-state index contributed by atoms with van der Waals surface area (Å²) in [6.45, 7) is 5.88. The van der Waals surface area contributed by atoms with Crippen molar-refractivity contribution in [1.29, 1.82) is 0 Å². The van der Waals surface area contributed by atoms with Gasteiger partial charge in [0.05, 0.1) is 0 Å². The lowest BCUT2D eigenvalue weighted by molar-refractivity contribution is 0.0718. The Kier molecular flexibility index (Phi) is 4.65. The standard InChI is InChI=1S/C20H24N2O/c1-15-12-16(2)14-19(13-15)21-18-8-10-22(11-9-18)20(23)17-6-4-3-5-7-17/h3-7,12-14,18,21H,8-11H2,1-2H3. The fraction of sp³-hybridized carbons (Fsp3) is 0.350. The van der Waals surface area contributed by atoms with E-state index in [1.807, 2.05) is 35.2 Å². The molecule has 1 aliphatic heterocycles. The molecule has 1 heterocycles. The number of likely N-dealkylation sites (tertiary alicyclic amines) is 1. The Morgan fingerprint density at radius 1 is 1.00 bits per heavy atom. The summed E-state index contributed by atoms with van der Waals surface area (Å²) in [6.07, 6.45) is 1.98. The molecule has 3 heteroatoms. The highest BCUT2D eigenvalue weighted by Gasteiger charge is 2.23. The van der Waals surface area contributed by atoms with Crippen molar-refractivity contribution in [1.82, 2.24) is 4.90 Å². The zero-order chi connectivity index (χ0) is 16.2. The first-order chi connectivity index (χ1) is 11.1. The van der Waals surface area contributed by atoms with E-state index in [1.165, 1.54) is 16.8 Å². The molecule has 0 bridgehead atoms. The van der Waals surface area contributed by atoms with Crippen molar-refractivity contribution >= 4 is 11.6 Å². The topological polar surface area (TPSA) is 32.3 Å². The Bertz CT molecular complexity index is 653. The number of piperidine rings is 1. The number of rotatable bonds is 3. The Morgan fingerprint density at radius 2 is 1.61 bits per heavy atom. The third-order valence-electron chi connectivity index (χ3n) is 4.40. The number of anilines is 1. The van der Waals surface area contributed by atoms with Gasteiger partial charge in [0.25, 0.3) is 5.91 Å². The fourth-order valence-electron chi connectivity index (χ4n) is 3.28. The maximum atomic E-state index is 12.5. The molecule has 120 valence electrons. The number of hydrogen-bond donors (Lipinski definition) is 1.